The van der Waals surface area contributed by atoms with E-state index < -0.39 is 0 Å². The molecule has 1 aromatic heterocycles. The largest absolute Gasteiger partial charge is 0.397 e. The van der Waals surface area contributed by atoms with Gasteiger partial charge in [-0.15, -0.1) is 11.3 Å². The lowest BCUT2D eigenvalue weighted by molar-refractivity contribution is 0.0786. The first-order valence-corrected chi connectivity index (χ1v) is 8.12. The molecule has 4 heteroatoms. The number of likely N-dealkylation sites (tertiary alicyclic amines) is 1. The predicted octanol–water partition coefficient (Wildman–Crippen LogP) is 3.36. The van der Waals surface area contributed by atoms with Crippen LogP contribution in [0, 0.1) is 11.8 Å². The number of hydrogen-bond acceptors (Lipinski definition) is 3. The number of nitrogen functional groups attached to an aromatic ring is 1. The minimum absolute atomic E-state index is 0.137. The molecule has 20 heavy (non-hydrogen) atoms. The van der Waals surface area contributed by atoms with Crippen molar-refractivity contribution in [2.24, 2.45) is 11.8 Å². The Labute approximate surface area is 122 Å². The van der Waals surface area contributed by atoms with E-state index in [1.807, 2.05) is 29.2 Å². The molecule has 2 fully saturated rings. The van der Waals surface area contributed by atoms with E-state index in [2.05, 4.69) is 0 Å². The Balaban J connectivity index is 1.66. The normalized spacial score (nSPS) is 25.3. The van der Waals surface area contributed by atoms with Gasteiger partial charge in [0.1, 0.15) is 4.88 Å². The average molecular weight is 286 g/mol. The molecule has 2 aliphatic rings. The van der Waals surface area contributed by atoms with Gasteiger partial charge in [0, 0.05) is 23.2 Å². The van der Waals surface area contributed by atoms with Crippen molar-refractivity contribution in [2.75, 3.05) is 18.8 Å². The average Bonchev–Trinajstić information content (AvgIpc) is 3.11. The number of carbonyl (C=O) groups is 1. The third-order valence-corrected chi connectivity index (χ3v) is 6.02. The number of anilines is 1. The number of nitrogens with zero attached hydrogens (tertiary/aromatic N) is 1. The lowest BCUT2D eigenvalue weighted by Crippen LogP contribution is -2.29. The second-order valence-electron chi connectivity index (χ2n) is 6.00. The highest BCUT2D eigenvalue weighted by atomic mass is 32.1. The van der Waals surface area contributed by atoms with E-state index in [0.717, 1.165) is 39.9 Å². The molecule has 1 aliphatic carbocycles. The van der Waals surface area contributed by atoms with Crippen LogP contribution in [0.3, 0.4) is 0 Å². The summed E-state index contributed by atoms with van der Waals surface area (Å²) in [6.07, 6.45) is 3.91. The molecule has 0 radical (unpaired) electrons. The van der Waals surface area contributed by atoms with Crippen LogP contribution in [0.1, 0.15) is 28.9 Å². The molecule has 1 aromatic carbocycles. The van der Waals surface area contributed by atoms with Gasteiger partial charge in [-0.05, 0) is 30.7 Å². The Kier molecular flexibility index (Phi) is 2.74. The number of hydrogen-bond donors (Lipinski definition) is 1. The van der Waals surface area contributed by atoms with Gasteiger partial charge in [-0.3, -0.25) is 4.79 Å². The van der Waals surface area contributed by atoms with Gasteiger partial charge in [0.2, 0.25) is 0 Å². The lowest BCUT2D eigenvalue weighted by atomic mass is 10.0. The van der Waals surface area contributed by atoms with E-state index in [4.69, 9.17) is 5.73 Å². The van der Waals surface area contributed by atoms with Gasteiger partial charge in [0.15, 0.2) is 0 Å². The van der Waals surface area contributed by atoms with E-state index in [1.165, 1.54) is 30.6 Å². The van der Waals surface area contributed by atoms with E-state index in [9.17, 15) is 4.79 Å². The fourth-order valence-corrected chi connectivity index (χ4v) is 4.86. The zero-order valence-corrected chi connectivity index (χ0v) is 12.2. The summed E-state index contributed by atoms with van der Waals surface area (Å²) < 4.78 is 1.10. The van der Waals surface area contributed by atoms with Crippen LogP contribution in [0.25, 0.3) is 10.1 Å². The molecule has 2 N–H and O–H groups in total. The number of nitrogens with two attached hydrogens (primary N) is 1. The molecule has 2 heterocycles. The quantitative estimate of drug-likeness (QED) is 0.873. The van der Waals surface area contributed by atoms with E-state index >= 15 is 0 Å². The highest BCUT2D eigenvalue weighted by molar-refractivity contribution is 7.21. The summed E-state index contributed by atoms with van der Waals surface area (Å²) in [7, 11) is 0. The third-order valence-electron chi connectivity index (χ3n) is 4.84. The standard InChI is InChI=1S/C16H18N2OS/c17-14-12-6-1-2-7-13(12)20-15(14)16(19)18-8-10-4-3-5-11(10)9-18/h1-2,6-7,10-11H,3-5,8-9,17H2. The number of rotatable bonds is 1. The number of thiophene rings is 1. The van der Waals surface area contributed by atoms with Gasteiger partial charge in [-0.25, -0.2) is 0 Å². The molecule has 104 valence electrons. The minimum atomic E-state index is 0.137. The van der Waals surface area contributed by atoms with Crippen LogP contribution in [-0.2, 0) is 0 Å². The molecule has 2 unspecified atom stereocenters. The smallest absolute Gasteiger partial charge is 0.266 e. The van der Waals surface area contributed by atoms with E-state index in [1.54, 1.807) is 0 Å². The van der Waals surface area contributed by atoms with Crippen LogP contribution in [-0.4, -0.2) is 23.9 Å². The van der Waals surface area contributed by atoms with Crippen molar-refractivity contribution in [3.63, 3.8) is 0 Å². The van der Waals surface area contributed by atoms with Crippen LogP contribution >= 0.6 is 11.3 Å². The molecule has 1 amide bonds. The maximum absolute atomic E-state index is 12.7. The Morgan fingerprint density at radius 2 is 1.90 bits per heavy atom. The number of carbonyl (C=O) groups excluding carboxylic acids is 1. The number of benzene rings is 1. The monoisotopic (exact) mass is 286 g/mol. The molecule has 2 atom stereocenters. The van der Waals surface area contributed by atoms with Crippen LogP contribution in [0.2, 0.25) is 0 Å². The summed E-state index contributed by atoms with van der Waals surface area (Å²) in [5.41, 5.74) is 6.85. The molecule has 3 nitrogen and oxygen atoms in total. The first-order chi connectivity index (χ1) is 9.74. The Bertz CT molecular complexity index is 666. The van der Waals surface area contributed by atoms with Crippen molar-refractivity contribution in [3.05, 3.63) is 29.1 Å². The SMILES string of the molecule is Nc1c(C(=O)N2CC3CCCC3C2)sc2ccccc12. The first-order valence-electron chi connectivity index (χ1n) is 7.30. The zero-order valence-electron chi connectivity index (χ0n) is 11.3. The fourth-order valence-electron chi connectivity index (χ4n) is 3.77. The van der Waals surface area contributed by atoms with Crippen molar-refractivity contribution in [2.45, 2.75) is 19.3 Å². The first kappa shape index (κ1) is 12.2. The van der Waals surface area contributed by atoms with Crippen molar-refractivity contribution in [3.8, 4) is 0 Å². The van der Waals surface area contributed by atoms with E-state index in [0.29, 0.717) is 5.69 Å². The second kappa shape index (κ2) is 4.48. The van der Waals surface area contributed by atoms with Gasteiger partial charge in [-0.1, -0.05) is 24.6 Å². The molecule has 0 bridgehead atoms. The molecule has 0 spiro atoms. The van der Waals surface area contributed by atoms with Crippen LogP contribution < -0.4 is 5.73 Å². The highest BCUT2D eigenvalue weighted by Gasteiger charge is 2.38. The van der Waals surface area contributed by atoms with Crippen LogP contribution in [0.4, 0.5) is 5.69 Å². The van der Waals surface area contributed by atoms with Gasteiger partial charge in [0.25, 0.3) is 5.91 Å². The molecule has 4 rings (SSSR count). The van der Waals surface area contributed by atoms with E-state index in [-0.39, 0.29) is 5.91 Å². The zero-order chi connectivity index (χ0) is 13.7. The molecule has 1 saturated carbocycles. The second-order valence-corrected chi connectivity index (χ2v) is 7.05. The Hall–Kier alpha value is -1.55. The number of amides is 1. The van der Waals surface area contributed by atoms with Gasteiger partial charge in [-0.2, -0.15) is 0 Å². The summed E-state index contributed by atoms with van der Waals surface area (Å²) in [5.74, 6) is 1.60. The summed E-state index contributed by atoms with van der Waals surface area (Å²) in [6, 6.07) is 8.00. The van der Waals surface area contributed by atoms with Gasteiger partial charge >= 0.3 is 0 Å². The lowest BCUT2D eigenvalue weighted by Gasteiger charge is -2.16. The van der Waals surface area contributed by atoms with Crippen molar-refractivity contribution >= 4 is 33.0 Å². The maximum Gasteiger partial charge on any atom is 0.266 e. The molecular formula is C16H18N2OS. The van der Waals surface area contributed by atoms with Crippen molar-refractivity contribution in [1.82, 2.24) is 4.90 Å². The van der Waals surface area contributed by atoms with Crippen LogP contribution in [0.15, 0.2) is 24.3 Å². The molecule has 1 aliphatic heterocycles. The maximum atomic E-state index is 12.7. The predicted molar refractivity (Wildman–Crippen MR) is 83.0 cm³/mol. The highest BCUT2D eigenvalue weighted by Crippen LogP contribution is 2.40. The van der Waals surface area contributed by atoms with Gasteiger partial charge in [0.05, 0.1) is 5.69 Å². The minimum Gasteiger partial charge on any atom is -0.397 e. The van der Waals surface area contributed by atoms with Crippen LogP contribution in [0.5, 0.6) is 0 Å². The Morgan fingerprint density at radius 3 is 2.60 bits per heavy atom. The topological polar surface area (TPSA) is 46.3 Å². The van der Waals surface area contributed by atoms with Gasteiger partial charge < -0.3 is 10.6 Å². The molecular weight excluding hydrogens is 268 g/mol. The summed E-state index contributed by atoms with van der Waals surface area (Å²) in [4.78, 5) is 15.5. The van der Waals surface area contributed by atoms with Crippen molar-refractivity contribution < 1.29 is 4.79 Å². The molecule has 1 saturated heterocycles. The summed E-state index contributed by atoms with van der Waals surface area (Å²) in [6.45, 7) is 1.86. The number of fused-ring (bicyclic) bond motifs is 2. The molecule has 2 aromatic rings. The fraction of sp³-hybridized carbons (Fsp3) is 0.438. The summed E-state index contributed by atoms with van der Waals surface area (Å²) >= 11 is 1.53. The summed E-state index contributed by atoms with van der Waals surface area (Å²) in [5, 5.41) is 1.01. The van der Waals surface area contributed by atoms with Crippen molar-refractivity contribution in [1.29, 1.82) is 0 Å². The Morgan fingerprint density at radius 1 is 1.20 bits per heavy atom. The third kappa shape index (κ3) is 1.74.